The van der Waals surface area contributed by atoms with Gasteiger partial charge in [-0.15, -0.1) is 0 Å². The van der Waals surface area contributed by atoms with Gasteiger partial charge in [-0.1, -0.05) is 6.07 Å². The van der Waals surface area contributed by atoms with Gasteiger partial charge in [0.1, 0.15) is 0 Å². The molecule has 4 rings (SSSR count). The Balaban J connectivity index is 1.33. The van der Waals surface area contributed by atoms with E-state index in [0.29, 0.717) is 17.7 Å². The molecule has 2 fully saturated rings. The molecule has 2 heterocycles. The van der Waals surface area contributed by atoms with Gasteiger partial charge in [0, 0.05) is 26.2 Å². The van der Waals surface area contributed by atoms with Crippen LogP contribution in [0, 0.1) is 5.92 Å². The molecule has 1 aromatic carbocycles. The Kier molecular flexibility index (Phi) is 6.67. The lowest BCUT2D eigenvalue weighted by Gasteiger charge is -2.31. The van der Waals surface area contributed by atoms with E-state index < -0.39 is 22.1 Å². The van der Waals surface area contributed by atoms with Crippen molar-refractivity contribution in [3.8, 4) is 0 Å². The van der Waals surface area contributed by atoms with Gasteiger partial charge in [-0.05, 0) is 81.5 Å². The van der Waals surface area contributed by atoms with Crippen LogP contribution in [0.2, 0.25) is 0 Å². The van der Waals surface area contributed by atoms with Crippen LogP contribution < -0.4 is 0 Å². The minimum absolute atomic E-state index is 0.140. The van der Waals surface area contributed by atoms with Crippen molar-refractivity contribution < 1.29 is 22.7 Å². The van der Waals surface area contributed by atoms with Gasteiger partial charge >= 0.3 is 5.97 Å². The molecule has 3 aliphatic rings. The first-order valence-electron chi connectivity index (χ1n) is 11.5. The molecule has 1 unspecified atom stereocenters. The quantitative estimate of drug-likeness (QED) is 0.647. The molecule has 0 saturated carbocycles. The van der Waals surface area contributed by atoms with E-state index in [1.807, 2.05) is 12.1 Å². The van der Waals surface area contributed by atoms with Gasteiger partial charge in [-0.25, -0.2) is 8.42 Å². The molecule has 0 bridgehead atoms. The average Bonchev–Trinajstić information content (AvgIpc) is 3.33. The second kappa shape index (κ2) is 9.28. The van der Waals surface area contributed by atoms with Crippen LogP contribution in [0.3, 0.4) is 0 Å². The molecule has 1 aromatic rings. The fourth-order valence-corrected chi connectivity index (χ4v) is 6.39. The first-order valence-corrected chi connectivity index (χ1v) is 12.9. The molecule has 1 amide bonds. The van der Waals surface area contributed by atoms with E-state index in [1.165, 1.54) is 9.87 Å². The van der Waals surface area contributed by atoms with Gasteiger partial charge in [0.25, 0.3) is 5.91 Å². The number of carbonyl (C=O) groups excluding carboxylic acids is 2. The number of sulfonamides is 1. The monoisotopic (exact) mass is 448 g/mol. The highest BCUT2D eigenvalue weighted by molar-refractivity contribution is 7.89. The molecule has 1 aliphatic carbocycles. The summed E-state index contributed by atoms with van der Waals surface area (Å²) in [5.41, 5.74) is 2.40. The number of carbonyl (C=O) groups is 2. The topological polar surface area (TPSA) is 84.0 Å². The summed E-state index contributed by atoms with van der Waals surface area (Å²) >= 11 is 0. The molecule has 2 aliphatic heterocycles. The maximum atomic E-state index is 13.1. The SMILES string of the molecule is CC(OC(=O)C1CCN(S(=O)(=O)c2ccc3c(c2)CCCC3)CC1)C(=O)N1CCCC1. The zero-order chi connectivity index (χ0) is 22.0. The number of likely N-dealkylation sites (tertiary alicyclic amines) is 1. The Morgan fingerprint density at radius 3 is 2.29 bits per heavy atom. The molecule has 0 aromatic heterocycles. The molecule has 170 valence electrons. The molecular weight excluding hydrogens is 416 g/mol. The van der Waals surface area contributed by atoms with E-state index >= 15 is 0 Å². The number of nitrogens with zero attached hydrogens (tertiary/aromatic N) is 2. The smallest absolute Gasteiger partial charge is 0.309 e. The Morgan fingerprint density at radius 2 is 1.61 bits per heavy atom. The van der Waals surface area contributed by atoms with Gasteiger partial charge < -0.3 is 9.64 Å². The fraction of sp³-hybridized carbons (Fsp3) is 0.652. The largest absolute Gasteiger partial charge is 0.452 e. The van der Waals surface area contributed by atoms with E-state index in [4.69, 9.17) is 4.74 Å². The Labute approximate surface area is 184 Å². The van der Waals surface area contributed by atoms with Crippen molar-refractivity contribution in [3.05, 3.63) is 29.3 Å². The van der Waals surface area contributed by atoms with Crippen LogP contribution in [-0.4, -0.2) is 61.8 Å². The van der Waals surface area contributed by atoms with Crippen molar-refractivity contribution in [2.45, 2.75) is 69.3 Å². The van der Waals surface area contributed by atoms with Crippen molar-refractivity contribution in [1.29, 1.82) is 0 Å². The van der Waals surface area contributed by atoms with E-state index in [2.05, 4.69) is 0 Å². The summed E-state index contributed by atoms with van der Waals surface area (Å²) in [5, 5.41) is 0. The summed E-state index contributed by atoms with van der Waals surface area (Å²) in [5.74, 6) is -0.909. The van der Waals surface area contributed by atoms with Crippen molar-refractivity contribution in [2.24, 2.45) is 5.92 Å². The molecule has 1 atom stereocenters. The molecule has 0 radical (unpaired) electrons. The van der Waals surface area contributed by atoms with Crippen molar-refractivity contribution in [3.63, 3.8) is 0 Å². The Bertz CT molecular complexity index is 931. The Morgan fingerprint density at radius 1 is 0.968 bits per heavy atom. The normalized spacial score (nSPS) is 21.5. The number of piperidine rings is 1. The van der Waals surface area contributed by atoms with E-state index in [0.717, 1.165) is 57.2 Å². The highest BCUT2D eigenvalue weighted by Gasteiger charge is 2.35. The number of hydrogen-bond donors (Lipinski definition) is 0. The van der Waals surface area contributed by atoms with E-state index in [-0.39, 0.29) is 24.9 Å². The lowest BCUT2D eigenvalue weighted by atomic mass is 9.92. The number of aryl methyl sites for hydroxylation is 2. The van der Waals surface area contributed by atoms with Gasteiger partial charge in [-0.3, -0.25) is 9.59 Å². The molecule has 7 nitrogen and oxygen atoms in total. The van der Waals surface area contributed by atoms with Crippen molar-refractivity contribution in [2.75, 3.05) is 26.2 Å². The van der Waals surface area contributed by atoms with Gasteiger partial charge in [0.2, 0.25) is 10.0 Å². The summed E-state index contributed by atoms with van der Waals surface area (Å²) in [7, 11) is -3.57. The third kappa shape index (κ3) is 4.80. The first kappa shape index (κ1) is 22.3. The van der Waals surface area contributed by atoms with Gasteiger partial charge in [0.15, 0.2) is 6.10 Å². The minimum Gasteiger partial charge on any atom is -0.452 e. The number of rotatable bonds is 5. The molecule has 2 saturated heterocycles. The van der Waals surface area contributed by atoms with Crippen LogP contribution in [-0.2, 0) is 37.2 Å². The predicted molar refractivity (Wildman–Crippen MR) is 116 cm³/mol. The van der Waals surface area contributed by atoms with Crippen LogP contribution in [0.1, 0.15) is 56.6 Å². The first-order chi connectivity index (χ1) is 14.9. The van der Waals surface area contributed by atoms with Crippen LogP contribution in [0.25, 0.3) is 0 Å². The van der Waals surface area contributed by atoms with Gasteiger partial charge in [-0.2, -0.15) is 4.31 Å². The lowest BCUT2D eigenvalue weighted by Crippen LogP contribution is -2.43. The van der Waals surface area contributed by atoms with Crippen molar-refractivity contribution >= 4 is 21.9 Å². The van der Waals surface area contributed by atoms with Crippen LogP contribution >= 0.6 is 0 Å². The highest BCUT2D eigenvalue weighted by atomic mass is 32.2. The third-order valence-corrected chi connectivity index (χ3v) is 8.70. The zero-order valence-electron chi connectivity index (χ0n) is 18.2. The van der Waals surface area contributed by atoms with Crippen LogP contribution in [0.15, 0.2) is 23.1 Å². The summed E-state index contributed by atoms with van der Waals surface area (Å²) < 4.78 is 33.2. The maximum absolute atomic E-state index is 13.1. The molecule has 8 heteroatoms. The number of benzene rings is 1. The maximum Gasteiger partial charge on any atom is 0.309 e. The molecule has 0 spiro atoms. The van der Waals surface area contributed by atoms with E-state index in [9.17, 15) is 18.0 Å². The van der Waals surface area contributed by atoms with Crippen LogP contribution in [0.5, 0.6) is 0 Å². The van der Waals surface area contributed by atoms with Crippen molar-refractivity contribution in [1.82, 2.24) is 9.21 Å². The standard InChI is InChI=1S/C23H32N2O5S/c1-17(22(26)24-12-4-5-13-24)30-23(27)19-10-14-25(15-11-19)31(28,29)21-9-8-18-6-2-3-7-20(18)16-21/h8-9,16-17,19H,2-7,10-15H2,1H3. The average molecular weight is 449 g/mol. The fourth-order valence-electron chi connectivity index (χ4n) is 4.87. The molecule has 31 heavy (non-hydrogen) atoms. The highest BCUT2D eigenvalue weighted by Crippen LogP contribution is 2.28. The summed E-state index contributed by atoms with van der Waals surface area (Å²) in [6, 6.07) is 5.49. The van der Waals surface area contributed by atoms with Crippen LogP contribution in [0.4, 0.5) is 0 Å². The second-order valence-corrected chi connectivity index (χ2v) is 10.9. The minimum atomic E-state index is -3.57. The number of fused-ring (bicyclic) bond motifs is 1. The molecular formula is C23H32N2O5S. The van der Waals surface area contributed by atoms with Gasteiger partial charge in [0.05, 0.1) is 10.8 Å². The number of amides is 1. The molecule has 0 N–H and O–H groups in total. The Hall–Kier alpha value is -1.93. The predicted octanol–water partition coefficient (Wildman–Crippen LogP) is 2.52. The zero-order valence-corrected chi connectivity index (χ0v) is 19.0. The second-order valence-electron chi connectivity index (χ2n) is 8.93. The van der Waals surface area contributed by atoms with E-state index in [1.54, 1.807) is 17.9 Å². The third-order valence-electron chi connectivity index (χ3n) is 6.80. The number of esters is 1. The number of hydrogen-bond acceptors (Lipinski definition) is 5. The summed E-state index contributed by atoms with van der Waals surface area (Å²) in [4.78, 5) is 27.0. The lowest BCUT2D eigenvalue weighted by molar-refractivity contribution is -0.163. The summed E-state index contributed by atoms with van der Waals surface area (Å²) in [6.07, 6.45) is 6.22. The summed E-state index contributed by atoms with van der Waals surface area (Å²) in [6.45, 7) is 3.63. The number of ether oxygens (including phenoxy) is 1.